The predicted octanol–water partition coefficient (Wildman–Crippen LogP) is 3.67. The van der Waals surface area contributed by atoms with Crippen molar-refractivity contribution in [2.24, 2.45) is 0 Å². The van der Waals surface area contributed by atoms with Gasteiger partial charge < -0.3 is 5.32 Å². The highest BCUT2D eigenvalue weighted by atomic mass is 127. The van der Waals surface area contributed by atoms with Crippen LogP contribution in [-0.2, 0) is 6.54 Å². The van der Waals surface area contributed by atoms with Gasteiger partial charge in [-0.05, 0) is 58.9 Å². The van der Waals surface area contributed by atoms with Crippen molar-refractivity contribution in [1.82, 2.24) is 5.32 Å². The molecule has 0 aromatic heterocycles. The van der Waals surface area contributed by atoms with Crippen molar-refractivity contribution in [3.63, 3.8) is 0 Å². The van der Waals surface area contributed by atoms with Crippen molar-refractivity contribution in [2.45, 2.75) is 31.1 Å². The van der Waals surface area contributed by atoms with Gasteiger partial charge in [0, 0.05) is 21.9 Å². The van der Waals surface area contributed by atoms with E-state index in [0.29, 0.717) is 0 Å². The van der Waals surface area contributed by atoms with Crippen molar-refractivity contribution < 1.29 is 0 Å². The van der Waals surface area contributed by atoms with Gasteiger partial charge in [0.1, 0.15) is 0 Å². The molecule has 16 heavy (non-hydrogen) atoms. The van der Waals surface area contributed by atoms with E-state index in [9.17, 15) is 0 Å². The van der Waals surface area contributed by atoms with Crippen LogP contribution in [0.25, 0.3) is 0 Å². The van der Waals surface area contributed by atoms with Crippen LogP contribution in [0.2, 0.25) is 0 Å². The lowest BCUT2D eigenvalue weighted by Gasteiger charge is -2.21. The Balaban J connectivity index is 1.69. The number of hydrogen-bond donors (Lipinski definition) is 1. The molecular weight excluding hydrogens is 329 g/mol. The van der Waals surface area contributed by atoms with Gasteiger partial charge in [-0.2, -0.15) is 11.8 Å². The molecular formula is C13H18INS. The zero-order valence-electron chi connectivity index (χ0n) is 9.42. The highest BCUT2D eigenvalue weighted by molar-refractivity contribution is 14.1. The van der Waals surface area contributed by atoms with Crippen LogP contribution in [0.15, 0.2) is 24.3 Å². The molecule has 0 radical (unpaired) electrons. The van der Waals surface area contributed by atoms with Crippen molar-refractivity contribution in [3.05, 3.63) is 33.4 Å². The maximum absolute atomic E-state index is 3.57. The van der Waals surface area contributed by atoms with Crippen LogP contribution < -0.4 is 5.32 Å². The second kappa shape index (κ2) is 6.87. The zero-order chi connectivity index (χ0) is 11.2. The molecule has 0 bridgehead atoms. The number of rotatable bonds is 4. The summed E-state index contributed by atoms with van der Waals surface area (Å²) in [7, 11) is 0. The third-order valence-electron chi connectivity index (χ3n) is 2.89. The molecule has 88 valence electrons. The average Bonchev–Trinajstić information content (AvgIpc) is 2.33. The number of hydrogen-bond acceptors (Lipinski definition) is 2. The molecule has 1 aliphatic heterocycles. The van der Waals surface area contributed by atoms with Gasteiger partial charge in [-0.25, -0.2) is 0 Å². The molecule has 1 atom stereocenters. The SMILES string of the molecule is Ic1ccc(CNCC2CCCCS2)cc1. The topological polar surface area (TPSA) is 12.0 Å². The van der Waals surface area contributed by atoms with Crippen molar-refractivity contribution in [3.8, 4) is 0 Å². The molecule has 0 aliphatic carbocycles. The van der Waals surface area contributed by atoms with E-state index in [1.54, 1.807) is 0 Å². The maximum Gasteiger partial charge on any atom is 0.0205 e. The summed E-state index contributed by atoms with van der Waals surface area (Å²) in [6.07, 6.45) is 4.23. The minimum Gasteiger partial charge on any atom is -0.312 e. The zero-order valence-corrected chi connectivity index (χ0v) is 12.4. The van der Waals surface area contributed by atoms with Crippen LogP contribution in [0.5, 0.6) is 0 Å². The Hall–Kier alpha value is 0.260. The van der Waals surface area contributed by atoms with Gasteiger partial charge in [0.2, 0.25) is 0 Å². The largest absolute Gasteiger partial charge is 0.312 e. The van der Waals surface area contributed by atoms with E-state index in [1.165, 1.54) is 34.1 Å². The van der Waals surface area contributed by atoms with Crippen molar-refractivity contribution >= 4 is 34.4 Å². The highest BCUT2D eigenvalue weighted by Crippen LogP contribution is 2.24. The Morgan fingerprint density at radius 3 is 2.75 bits per heavy atom. The fraction of sp³-hybridized carbons (Fsp3) is 0.538. The first-order valence-corrected chi connectivity index (χ1v) is 8.04. The van der Waals surface area contributed by atoms with Crippen molar-refractivity contribution in [2.75, 3.05) is 12.3 Å². The van der Waals surface area contributed by atoms with Crippen LogP contribution in [0.3, 0.4) is 0 Å². The molecule has 0 spiro atoms. The smallest absolute Gasteiger partial charge is 0.0205 e. The lowest BCUT2D eigenvalue weighted by Crippen LogP contribution is -2.26. The average molecular weight is 347 g/mol. The van der Waals surface area contributed by atoms with E-state index in [0.717, 1.165) is 18.3 Å². The number of benzene rings is 1. The second-order valence-electron chi connectivity index (χ2n) is 4.25. The van der Waals surface area contributed by atoms with Crippen LogP contribution in [0.1, 0.15) is 24.8 Å². The Morgan fingerprint density at radius 1 is 1.25 bits per heavy atom. The van der Waals surface area contributed by atoms with Gasteiger partial charge in [-0.3, -0.25) is 0 Å². The Morgan fingerprint density at radius 2 is 2.06 bits per heavy atom. The third kappa shape index (κ3) is 4.26. The van der Waals surface area contributed by atoms with Crippen molar-refractivity contribution in [1.29, 1.82) is 0 Å². The molecule has 1 heterocycles. The molecule has 1 aromatic rings. The molecule has 1 unspecified atom stereocenters. The molecule has 3 heteroatoms. The number of halogens is 1. The Bertz CT molecular complexity index is 306. The summed E-state index contributed by atoms with van der Waals surface area (Å²) in [6, 6.07) is 8.77. The normalized spacial score (nSPS) is 20.9. The van der Waals surface area contributed by atoms with Gasteiger partial charge in [-0.15, -0.1) is 0 Å². The molecule has 0 amide bonds. The molecule has 1 N–H and O–H groups in total. The van der Waals surface area contributed by atoms with Crippen LogP contribution in [-0.4, -0.2) is 17.5 Å². The quantitative estimate of drug-likeness (QED) is 0.835. The minimum atomic E-state index is 0.845. The summed E-state index contributed by atoms with van der Waals surface area (Å²) >= 11 is 4.48. The number of nitrogens with one attached hydrogen (secondary N) is 1. The summed E-state index contributed by atoms with van der Waals surface area (Å²) in [5.41, 5.74) is 1.39. The first-order valence-electron chi connectivity index (χ1n) is 5.91. The van der Waals surface area contributed by atoms with Gasteiger partial charge in [0.15, 0.2) is 0 Å². The molecule has 1 saturated heterocycles. The van der Waals surface area contributed by atoms with Gasteiger partial charge in [0.25, 0.3) is 0 Å². The second-order valence-corrected chi connectivity index (χ2v) is 6.90. The monoisotopic (exact) mass is 347 g/mol. The Labute approximate surface area is 116 Å². The molecule has 0 saturated carbocycles. The minimum absolute atomic E-state index is 0.845. The fourth-order valence-corrected chi connectivity index (χ4v) is 3.58. The van der Waals surface area contributed by atoms with Crippen LogP contribution >= 0.6 is 34.4 Å². The maximum atomic E-state index is 3.57. The first kappa shape index (κ1) is 12.7. The first-order chi connectivity index (χ1) is 7.84. The van der Waals surface area contributed by atoms with E-state index < -0.39 is 0 Å². The lowest BCUT2D eigenvalue weighted by atomic mass is 10.2. The van der Waals surface area contributed by atoms with Crippen LogP contribution in [0.4, 0.5) is 0 Å². The van der Waals surface area contributed by atoms with Crippen LogP contribution in [0, 0.1) is 3.57 Å². The standard InChI is InChI=1S/C13H18INS/c14-12-6-4-11(5-7-12)9-15-10-13-3-1-2-8-16-13/h4-7,13,15H,1-3,8-10H2. The van der Waals surface area contributed by atoms with Gasteiger partial charge in [0.05, 0.1) is 0 Å². The lowest BCUT2D eigenvalue weighted by molar-refractivity contribution is 0.598. The molecule has 2 rings (SSSR count). The summed E-state index contributed by atoms with van der Waals surface area (Å²) < 4.78 is 1.31. The molecule has 1 aliphatic rings. The van der Waals surface area contributed by atoms with E-state index in [4.69, 9.17) is 0 Å². The van der Waals surface area contributed by atoms with Gasteiger partial charge in [-0.1, -0.05) is 18.6 Å². The van der Waals surface area contributed by atoms with E-state index in [2.05, 4.69) is 63.9 Å². The molecule has 1 nitrogen and oxygen atoms in total. The van der Waals surface area contributed by atoms with E-state index in [-0.39, 0.29) is 0 Å². The van der Waals surface area contributed by atoms with E-state index in [1.807, 2.05) is 0 Å². The summed E-state index contributed by atoms with van der Waals surface area (Å²) in [5, 5.41) is 4.41. The highest BCUT2D eigenvalue weighted by Gasteiger charge is 2.12. The summed E-state index contributed by atoms with van der Waals surface area (Å²) in [6.45, 7) is 2.17. The Kier molecular flexibility index (Phi) is 5.45. The predicted molar refractivity (Wildman–Crippen MR) is 81.0 cm³/mol. The van der Waals surface area contributed by atoms with E-state index >= 15 is 0 Å². The fourth-order valence-electron chi connectivity index (χ4n) is 1.95. The van der Waals surface area contributed by atoms with Gasteiger partial charge >= 0.3 is 0 Å². The summed E-state index contributed by atoms with van der Waals surface area (Å²) in [4.78, 5) is 0. The molecule has 1 fully saturated rings. The number of thioether (sulfide) groups is 1. The summed E-state index contributed by atoms with van der Waals surface area (Å²) in [5.74, 6) is 1.36. The molecule has 1 aromatic carbocycles. The third-order valence-corrected chi connectivity index (χ3v) is 5.01.